The molecule has 0 N–H and O–H groups in total. The van der Waals surface area contributed by atoms with Crippen LogP contribution in [-0.2, 0) is 11.3 Å². The van der Waals surface area contributed by atoms with Gasteiger partial charge >= 0.3 is 0 Å². The summed E-state index contributed by atoms with van der Waals surface area (Å²) in [4.78, 5) is 17.6. The predicted molar refractivity (Wildman–Crippen MR) is 101 cm³/mol. The third kappa shape index (κ3) is 3.39. The fraction of sp³-hybridized carbons (Fsp3) is 0.368. The molecule has 134 valence electrons. The number of tetrazole rings is 1. The number of carbonyl (C=O) groups excluding carboxylic acids is 1. The van der Waals surface area contributed by atoms with Crippen molar-refractivity contribution in [3.05, 3.63) is 53.4 Å². The molecule has 3 aromatic rings. The van der Waals surface area contributed by atoms with E-state index in [9.17, 15) is 4.79 Å². The molecule has 1 aliphatic heterocycles. The van der Waals surface area contributed by atoms with Crippen LogP contribution in [0, 0.1) is 0 Å². The van der Waals surface area contributed by atoms with Gasteiger partial charge in [-0.2, -0.15) is 4.80 Å². The number of hydrogen-bond acceptors (Lipinski definition) is 5. The minimum absolute atomic E-state index is 0.124. The maximum Gasteiger partial charge on any atom is 0.230 e. The van der Waals surface area contributed by atoms with Crippen molar-refractivity contribution in [3.8, 4) is 10.7 Å². The maximum atomic E-state index is 13.0. The van der Waals surface area contributed by atoms with Gasteiger partial charge in [0.15, 0.2) is 0 Å². The number of likely N-dealkylation sites (tertiary alicyclic amines) is 1. The topological polar surface area (TPSA) is 63.9 Å². The van der Waals surface area contributed by atoms with Gasteiger partial charge in [-0.15, -0.1) is 21.5 Å². The lowest BCUT2D eigenvalue weighted by Gasteiger charge is -2.27. The van der Waals surface area contributed by atoms with Crippen molar-refractivity contribution in [1.29, 1.82) is 0 Å². The van der Waals surface area contributed by atoms with E-state index < -0.39 is 0 Å². The largest absolute Gasteiger partial charge is 0.337 e. The molecule has 0 bridgehead atoms. The standard InChI is InChI=1S/C19H21N5OS/c1-14(15-7-3-2-4-8-15)19(25)23-11-5-9-16(23)13-24-21-18(20-22-24)17-10-6-12-26-17/h2-4,6-8,10,12,14,16H,5,9,11,13H2,1H3/t14-,16+/m0/s1. The van der Waals surface area contributed by atoms with E-state index in [4.69, 9.17) is 0 Å². The quantitative estimate of drug-likeness (QED) is 0.695. The molecule has 7 heteroatoms. The Kier molecular flexibility index (Phi) is 4.79. The number of rotatable bonds is 5. The molecular weight excluding hydrogens is 346 g/mol. The summed E-state index contributed by atoms with van der Waals surface area (Å²) < 4.78 is 0. The third-order valence-corrected chi connectivity index (χ3v) is 5.76. The Morgan fingerprint density at radius 2 is 2.12 bits per heavy atom. The van der Waals surface area contributed by atoms with Gasteiger partial charge in [-0.05, 0) is 42.0 Å². The molecule has 1 aromatic carbocycles. The first-order valence-electron chi connectivity index (χ1n) is 8.89. The van der Waals surface area contributed by atoms with E-state index in [1.165, 1.54) is 0 Å². The highest BCUT2D eigenvalue weighted by Gasteiger charge is 2.32. The molecule has 0 saturated carbocycles. The lowest BCUT2D eigenvalue weighted by molar-refractivity contribution is -0.133. The average Bonchev–Trinajstić information content (AvgIpc) is 3.43. The van der Waals surface area contributed by atoms with Gasteiger partial charge in [0.2, 0.25) is 11.7 Å². The predicted octanol–water partition coefficient (Wildman–Crippen LogP) is 3.20. The molecule has 6 nitrogen and oxygen atoms in total. The molecular formula is C19H21N5OS. The van der Waals surface area contributed by atoms with E-state index in [-0.39, 0.29) is 17.9 Å². The normalized spacial score (nSPS) is 18.2. The fourth-order valence-corrected chi connectivity index (χ4v) is 4.11. The second-order valence-corrected chi connectivity index (χ2v) is 7.55. The van der Waals surface area contributed by atoms with Gasteiger partial charge in [-0.3, -0.25) is 4.79 Å². The van der Waals surface area contributed by atoms with Crippen molar-refractivity contribution in [2.75, 3.05) is 6.54 Å². The van der Waals surface area contributed by atoms with E-state index in [0.717, 1.165) is 29.8 Å². The van der Waals surface area contributed by atoms with E-state index >= 15 is 0 Å². The Labute approximate surface area is 156 Å². The lowest BCUT2D eigenvalue weighted by atomic mass is 9.99. The monoisotopic (exact) mass is 367 g/mol. The van der Waals surface area contributed by atoms with Crippen LogP contribution in [0.15, 0.2) is 47.8 Å². The molecule has 0 spiro atoms. The number of benzene rings is 1. The summed E-state index contributed by atoms with van der Waals surface area (Å²) in [5.74, 6) is 0.688. The minimum atomic E-state index is -0.137. The number of carbonyl (C=O) groups is 1. The molecule has 0 unspecified atom stereocenters. The van der Waals surface area contributed by atoms with Crippen LogP contribution in [0.1, 0.15) is 31.2 Å². The van der Waals surface area contributed by atoms with Crippen molar-refractivity contribution in [1.82, 2.24) is 25.1 Å². The second kappa shape index (κ2) is 7.37. The van der Waals surface area contributed by atoms with Gasteiger partial charge in [-0.25, -0.2) is 0 Å². The van der Waals surface area contributed by atoms with Crippen LogP contribution in [0.5, 0.6) is 0 Å². The van der Waals surface area contributed by atoms with Crippen molar-refractivity contribution < 1.29 is 4.79 Å². The molecule has 0 radical (unpaired) electrons. The summed E-state index contributed by atoms with van der Waals surface area (Å²) in [5, 5.41) is 14.8. The molecule has 0 aliphatic carbocycles. The molecule has 2 aromatic heterocycles. The van der Waals surface area contributed by atoms with Crippen molar-refractivity contribution in [3.63, 3.8) is 0 Å². The average molecular weight is 367 g/mol. The van der Waals surface area contributed by atoms with E-state index in [1.807, 2.05) is 59.7 Å². The second-order valence-electron chi connectivity index (χ2n) is 6.61. The first-order chi connectivity index (χ1) is 12.7. The Balaban J connectivity index is 1.46. The molecule has 1 aliphatic rings. The van der Waals surface area contributed by atoms with E-state index in [1.54, 1.807) is 16.1 Å². The number of thiophene rings is 1. The number of nitrogens with zero attached hydrogens (tertiary/aromatic N) is 5. The zero-order valence-electron chi connectivity index (χ0n) is 14.7. The number of hydrogen-bond donors (Lipinski definition) is 0. The van der Waals surface area contributed by atoms with Crippen LogP contribution < -0.4 is 0 Å². The third-order valence-electron chi connectivity index (χ3n) is 4.90. The highest BCUT2D eigenvalue weighted by molar-refractivity contribution is 7.13. The lowest BCUT2D eigenvalue weighted by Crippen LogP contribution is -2.40. The first kappa shape index (κ1) is 16.9. The minimum Gasteiger partial charge on any atom is -0.337 e. The summed E-state index contributed by atoms with van der Waals surface area (Å²) in [6.45, 7) is 3.37. The summed E-state index contributed by atoms with van der Waals surface area (Å²) >= 11 is 1.60. The highest BCUT2D eigenvalue weighted by Crippen LogP contribution is 2.26. The maximum absolute atomic E-state index is 13.0. The smallest absolute Gasteiger partial charge is 0.230 e. The van der Waals surface area contributed by atoms with Crippen LogP contribution in [0.4, 0.5) is 0 Å². The van der Waals surface area contributed by atoms with Gasteiger partial charge in [0.25, 0.3) is 0 Å². The SMILES string of the molecule is C[C@H](C(=O)N1CCC[C@@H]1Cn1nnc(-c2cccs2)n1)c1ccccc1. The molecule has 2 atom stereocenters. The summed E-state index contributed by atoms with van der Waals surface area (Å²) in [6.07, 6.45) is 1.99. The molecule has 1 fully saturated rings. The van der Waals surface area contributed by atoms with Gasteiger partial charge in [0.1, 0.15) is 0 Å². The van der Waals surface area contributed by atoms with Gasteiger partial charge < -0.3 is 4.90 Å². The van der Waals surface area contributed by atoms with Crippen molar-refractivity contribution >= 4 is 17.2 Å². The van der Waals surface area contributed by atoms with Gasteiger partial charge in [0.05, 0.1) is 23.4 Å². The van der Waals surface area contributed by atoms with E-state index in [0.29, 0.717) is 12.4 Å². The Morgan fingerprint density at radius 3 is 2.88 bits per heavy atom. The molecule has 4 rings (SSSR count). The molecule has 26 heavy (non-hydrogen) atoms. The van der Waals surface area contributed by atoms with Crippen LogP contribution in [0.25, 0.3) is 10.7 Å². The number of amides is 1. The highest BCUT2D eigenvalue weighted by atomic mass is 32.1. The van der Waals surface area contributed by atoms with Crippen LogP contribution in [-0.4, -0.2) is 43.6 Å². The fourth-order valence-electron chi connectivity index (χ4n) is 3.46. The van der Waals surface area contributed by atoms with E-state index in [2.05, 4.69) is 15.4 Å². The summed E-state index contributed by atoms with van der Waals surface area (Å²) in [7, 11) is 0. The zero-order chi connectivity index (χ0) is 17.9. The molecule has 1 saturated heterocycles. The van der Waals surface area contributed by atoms with Crippen molar-refractivity contribution in [2.24, 2.45) is 0 Å². The van der Waals surface area contributed by atoms with Gasteiger partial charge in [0, 0.05) is 6.54 Å². The Bertz CT molecular complexity index is 861. The summed E-state index contributed by atoms with van der Waals surface area (Å²) in [5.41, 5.74) is 1.06. The molecule has 1 amide bonds. The van der Waals surface area contributed by atoms with Crippen LogP contribution >= 0.6 is 11.3 Å². The van der Waals surface area contributed by atoms with Gasteiger partial charge in [-0.1, -0.05) is 36.4 Å². The first-order valence-corrected chi connectivity index (χ1v) is 9.77. The summed E-state index contributed by atoms with van der Waals surface area (Å²) in [6, 6.07) is 14.0. The van der Waals surface area contributed by atoms with Crippen LogP contribution in [0.2, 0.25) is 0 Å². The van der Waals surface area contributed by atoms with Crippen molar-refractivity contribution in [2.45, 2.75) is 38.3 Å². The van der Waals surface area contributed by atoms with Crippen LogP contribution in [0.3, 0.4) is 0 Å². The number of aromatic nitrogens is 4. The Morgan fingerprint density at radius 1 is 1.27 bits per heavy atom. The molecule has 3 heterocycles. The Hall–Kier alpha value is -2.54. The zero-order valence-corrected chi connectivity index (χ0v) is 15.5.